The van der Waals surface area contributed by atoms with Crippen molar-refractivity contribution in [3.8, 4) is 0 Å². The number of nitrogens with two attached hydrogens (primary N) is 1. The van der Waals surface area contributed by atoms with Gasteiger partial charge in [0.15, 0.2) is 0 Å². The van der Waals surface area contributed by atoms with Crippen LogP contribution in [0.5, 0.6) is 0 Å². The molecule has 1 aromatic carbocycles. The molecule has 0 aliphatic carbocycles. The summed E-state index contributed by atoms with van der Waals surface area (Å²) in [6.07, 6.45) is 0. The minimum absolute atomic E-state index is 0.166. The van der Waals surface area contributed by atoms with Gasteiger partial charge in [-0.3, -0.25) is 0 Å². The van der Waals surface area contributed by atoms with Gasteiger partial charge in [-0.05, 0) is 29.7 Å². The van der Waals surface area contributed by atoms with Crippen LogP contribution in [0.15, 0.2) is 46.9 Å². The van der Waals surface area contributed by atoms with E-state index >= 15 is 0 Å². The molecule has 0 aliphatic heterocycles. The monoisotopic (exact) mass is 287 g/mol. The second-order valence-corrected chi connectivity index (χ2v) is 5.47. The number of hydrogen-bond acceptors (Lipinski definition) is 5. The van der Waals surface area contributed by atoms with Gasteiger partial charge < -0.3 is 14.9 Å². The number of esters is 1. The zero-order chi connectivity index (χ0) is 14.1. The first kappa shape index (κ1) is 12.9. The number of thiophene rings is 1. The van der Waals surface area contributed by atoms with Gasteiger partial charge in [-0.15, -0.1) is 11.3 Å². The van der Waals surface area contributed by atoms with Crippen molar-refractivity contribution in [1.29, 1.82) is 0 Å². The number of hydrogen-bond donors (Lipinski definition) is 1. The molecule has 0 saturated heterocycles. The van der Waals surface area contributed by atoms with Gasteiger partial charge >= 0.3 is 5.97 Å². The van der Waals surface area contributed by atoms with E-state index in [4.69, 9.17) is 10.2 Å². The lowest BCUT2D eigenvalue weighted by atomic mass is 10.2. The molecule has 2 aromatic heterocycles. The van der Waals surface area contributed by atoms with Crippen molar-refractivity contribution in [3.05, 3.63) is 58.9 Å². The number of methoxy groups -OCH3 is 1. The van der Waals surface area contributed by atoms with Crippen LogP contribution in [0, 0.1) is 0 Å². The highest BCUT2D eigenvalue weighted by Crippen LogP contribution is 2.32. The van der Waals surface area contributed by atoms with Crippen LogP contribution in [0.4, 0.5) is 0 Å². The Morgan fingerprint density at radius 3 is 2.85 bits per heavy atom. The third kappa shape index (κ3) is 2.21. The van der Waals surface area contributed by atoms with Crippen LogP contribution in [0.1, 0.15) is 27.2 Å². The molecule has 2 heterocycles. The molecule has 3 rings (SSSR count). The summed E-state index contributed by atoms with van der Waals surface area (Å²) in [5.74, 6) is 0.218. The first-order valence-electron chi connectivity index (χ1n) is 6.11. The lowest BCUT2D eigenvalue weighted by Gasteiger charge is -2.05. The van der Waals surface area contributed by atoms with E-state index in [1.54, 1.807) is 23.5 Å². The summed E-state index contributed by atoms with van der Waals surface area (Å²) in [6.45, 7) is 0. The van der Waals surface area contributed by atoms with E-state index in [9.17, 15) is 4.79 Å². The van der Waals surface area contributed by atoms with E-state index in [1.165, 1.54) is 11.8 Å². The number of rotatable bonds is 3. The van der Waals surface area contributed by atoms with Crippen molar-refractivity contribution in [1.82, 2.24) is 0 Å². The van der Waals surface area contributed by atoms with Gasteiger partial charge in [-0.1, -0.05) is 18.2 Å². The number of fused-ring (bicyclic) bond motifs is 1. The molecule has 0 aliphatic rings. The topological polar surface area (TPSA) is 65.5 Å². The molecule has 102 valence electrons. The van der Waals surface area contributed by atoms with Crippen LogP contribution < -0.4 is 5.73 Å². The van der Waals surface area contributed by atoms with Crippen LogP contribution in [0.3, 0.4) is 0 Å². The van der Waals surface area contributed by atoms with E-state index in [0.29, 0.717) is 5.76 Å². The van der Waals surface area contributed by atoms with E-state index in [2.05, 4.69) is 10.8 Å². The zero-order valence-electron chi connectivity index (χ0n) is 10.8. The predicted octanol–water partition coefficient (Wildman–Crippen LogP) is 3.33. The highest BCUT2D eigenvalue weighted by molar-refractivity contribution is 7.19. The largest absolute Gasteiger partial charge is 0.463 e. The summed E-state index contributed by atoms with van der Waals surface area (Å²) in [6, 6.07) is 13.0. The summed E-state index contributed by atoms with van der Waals surface area (Å²) in [7, 11) is 1.32. The van der Waals surface area contributed by atoms with E-state index in [0.717, 1.165) is 10.3 Å². The van der Waals surface area contributed by atoms with E-state index in [-0.39, 0.29) is 11.8 Å². The molecule has 4 nitrogen and oxygen atoms in total. The lowest BCUT2D eigenvalue weighted by molar-refractivity contribution is 0.0563. The van der Waals surface area contributed by atoms with Gasteiger partial charge in [0.1, 0.15) is 5.76 Å². The number of carbonyl (C=O) groups excluding carboxylic acids is 1. The summed E-state index contributed by atoms with van der Waals surface area (Å²) in [5.41, 5.74) is 6.20. The van der Waals surface area contributed by atoms with Gasteiger partial charge in [0, 0.05) is 9.58 Å². The molecule has 5 heteroatoms. The molecule has 0 saturated carbocycles. The average molecular weight is 287 g/mol. The zero-order valence-corrected chi connectivity index (χ0v) is 11.6. The molecule has 1 atom stereocenters. The molecule has 3 aromatic rings. The van der Waals surface area contributed by atoms with Crippen LogP contribution in [0.25, 0.3) is 10.1 Å². The molecule has 2 N–H and O–H groups in total. The second-order valence-electron chi connectivity index (χ2n) is 4.36. The molecule has 0 amide bonds. The van der Waals surface area contributed by atoms with Crippen molar-refractivity contribution < 1.29 is 13.9 Å². The quantitative estimate of drug-likeness (QED) is 0.750. The highest BCUT2D eigenvalue weighted by Gasteiger charge is 2.18. The number of benzene rings is 1. The third-order valence-corrected chi connectivity index (χ3v) is 4.27. The minimum atomic E-state index is -0.500. The maximum atomic E-state index is 11.4. The van der Waals surface area contributed by atoms with Crippen LogP contribution in [-0.4, -0.2) is 13.1 Å². The van der Waals surface area contributed by atoms with Crippen LogP contribution in [-0.2, 0) is 4.74 Å². The molecule has 0 bridgehead atoms. The highest BCUT2D eigenvalue weighted by atomic mass is 32.1. The Bertz CT molecular complexity index is 726. The van der Waals surface area contributed by atoms with Crippen LogP contribution >= 0.6 is 11.3 Å². The summed E-state index contributed by atoms with van der Waals surface area (Å²) >= 11 is 1.62. The second kappa shape index (κ2) is 5.11. The summed E-state index contributed by atoms with van der Waals surface area (Å²) in [5, 5.41) is 1.16. The average Bonchev–Trinajstić information content (AvgIpc) is 3.12. The fourth-order valence-electron chi connectivity index (χ4n) is 2.03. The SMILES string of the molecule is COC(=O)c1ccc(C(N)c2cc3ccccc3s2)o1. The van der Waals surface area contributed by atoms with Crippen molar-refractivity contribution in [2.45, 2.75) is 6.04 Å². The Morgan fingerprint density at radius 1 is 1.30 bits per heavy atom. The summed E-state index contributed by atoms with van der Waals surface area (Å²) in [4.78, 5) is 12.4. The fourth-order valence-corrected chi connectivity index (χ4v) is 3.10. The van der Waals surface area contributed by atoms with Crippen molar-refractivity contribution in [3.63, 3.8) is 0 Å². The smallest absolute Gasteiger partial charge is 0.373 e. The number of furan rings is 1. The van der Waals surface area contributed by atoms with Gasteiger partial charge in [0.05, 0.1) is 13.2 Å². The predicted molar refractivity (Wildman–Crippen MR) is 77.9 cm³/mol. The number of carbonyl (C=O) groups is 1. The molecule has 20 heavy (non-hydrogen) atoms. The molecule has 1 unspecified atom stereocenters. The van der Waals surface area contributed by atoms with Gasteiger partial charge in [0.25, 0.3) is 0 Å². The Hall–Kier alpha value is -2.11. The maximum absolute atomic E-state index is 11.4. The molecule has 0 spiro atoms. The Morgan fingerprint density at radius 2 is 2.10 bits per heavy atom. The van der Waals surface area contributed by atoms with Gasteiger partial charge in [-0.25, -0.2) is 4.79 Å². The molecule has 0 radical (unpaired) electrons. The third-order valence-electron chi connectivity index (χ3n) is 3.07. The van der Waals surface area contributed by atoms with E-state index in [1.807, 2.05) is 24.3 Å². The fraction of sp³-hybridized carbons (Fsp3) is 0.133. The standard InChI is InChI=1S/C15H13NO3S/c1-18-15(17)11-7-6-10(19-11)14(16)13-8-9-4-2-3-5-12(9)20-13/h2-8,14H,16H2,1H3. The molecular weight excluding hydrogens is 274 g/mol. The first-order valence-corrected chi connectivity index (χ1v) is 6.93. The Balaban J connectivity index is 1.93. The van der Waals surface area contributed by atoms with Crippen molar-refractivity contribution in [2.75, 3.05) is 7.11 Å². The van der Waals surface area contributed by atoms with Crippen molar-refractivity contribution in [2.24, 2.45) is 5.73 Å². The van der Waals surface area contributed by atoms with Crippen molar-refractivity contribution >= 4 is 27.4 Å². The van der Waals surface area contributed by atoms with E-state index < -0.39 is 5.97 Å². The Kier molecular flexibility index (Phi) is 3.30. The molecular formula is C15H13NO3S. The molecule has 0 fully saturated rings. The summed E-state index contributed by atoms with van der Waals surface area (Å²) < 4.78 is 11.2. The normalized spacial score (nSPS) is 12.5. The Labute approximate surface area is 119 Å². The maximum Gasteiger partial charge on any atom is 0.373 e. The van der Waals surface area contributed by atoms with Gasteiger partial charge in [0.2, 0.25) is 5.76 Å². The van der Waals surface area contributed by atoms with Crippen LogP contribution in [0.2, 0.25) is 0 Å². The first-order chi connectivity index (χ1) is 9.69. The van der Waals surface area contributed by atoms with Gasteiger partial charge in [-0.2, -0.15) is 0 Å². The number of ether oxygens (including phenoxy) is 1. The minimum Gasteiger partial charge on any atom is -0.463 e. The lowest BCUT2D eigenvalue weighted by Crippen LogP contribution is -2.09.